The van der Waals surface area contributed by atoms with E-state index in [4.69, 9.17) is 4.74 Å². The van der Waals surface area contributed by atoms with Gasteiger partial charge in [0.1, 0.15) is 5.75 Å². The first-order chi connectivity index (χ1) is 9.52. The maximum absolute atomic E-state index is 12.5. The fourth-order valence-corrected chi connectivity index (χ4v) is 2.41. The Balaban J connectivity index is 2.29. The van der Waals surface area contributed by atoms with Crippen molar-refractivity contribution in [2.75, 3.05) is 12.0 Å². The molecular weight excluding hydrogens is 250 g/mol. The summed E-state index contributed by atoms with van der Waals surface area (Å²) in [7, 11) is 1.65. The second-order valence-electron chi connectivity index (χ2n) is 5.71. The van der Waals surface area contributed by atoms with E-state index in [1.54, 1.807) is 13.2 Å². The van der Waals surface area contributed by atoms with Gasteiger partial charge in [-0.1, -0.05) is 5.57 Å². The number of carbonyl (C=O) groups is 1. The lowest BCUT2D eigenvalue weighted by Crippen LogP contribution is -2.39. The predicted molar refractivity (Wildman–Crippen MR) is 82.1 cm³/mol. The zero-order chi connectivity index (χ0) is 14.7. The zero-order valence-electron chi connectivity index (χ0n) is 12.7. The fourth-order valence-electron chi connectivity index (χ4n) is 2.41. The van der Waals surface area contributed by atoms with E-state index < -0.39 is 0 Å². The smallest absolute Gasteiger partial charge is 0.251 e. The van der Waals surface area contributed by atoms with Crippen molar-refractivity contribution in [3.63, 3.8) is 0 Å². The molecule has 0 bridgehead atoms. The van der Waals surface area contributed by atoms with Crippen LogP contribution in [0.4, 0.5) is 5.69 Å². The van der Waals surface area contributed by atoms with E-state index in [0.717, 1.165) is 17.0 Å². The first-order valence-electron chi connectivity index (χ1n) is 7.15. The second kappa shape index (κ2) is 6.12. The molecule has 0 N–H and O–H groups in total. The van der Waals surface area contributed by atoms with Gasteiger partial charge in [-0.25, -0.2) is 0 Å². The fraction of sp³-hybridized carbons (Fsp3) is 0.471. The monoisotopic (exact) mass is 273 g/mol. The molecule has 1 atom stereocenters. The van der Waals surface area contributed by atoms with Crippen LogP contribution >= 0.6 is 0 Å². The molecule has 0 spiro atoms. The Morgan fingerprint density at radius 1 is 1.30 bits per heavy atom. The molecule has 0 heterocycles. The van der Waals surface area contributed by atoms with Gasteiger partial charge in [0.25, 0.3) is 5.91 Å². The summed E-state index contributed by atoms with van der Waals surface area (Å²) in [6, 6.07) is 7.95. The maximum atomic E-state index is 12.5. The lowest BCUT2D eigenvalue weighted by Gasteiger charge is -2.29. The van der Waals surface area contributed by atoms with Crippen molar-refractivity contribution in [3.8, 4) is 5.75 Å². The Morgan fingerprint density at radius 2 is 1.90 bits per heavy atom. The Kier molecular flexibility index (Phi) is 4.48. The van der Waals surface area contributed by atoms with Crippen LogP contribution in [0.25, 0.3) is 0 Å². The predicted octanol–water partition coefficient (Wildman–Crippen LogP) is 3.79. The Morgan fingerprint density at radius 3 is 2.35 bits per heavy atom. The third-order valence-electron chi connectivity index (χ3n) is 3.71. The number of benzene rings is 1. The van der Waals surface area contributed by atoms with Crippen LogP contribution in [0.2, 0.25) is 0 Å². The number of anilines is 1. The minimum atomic E-state index is 0.0644. The summed E-state index contributed by atoms with van der Waals surface area (Å²) in [5.41, 5.74) is 1.96. The Bertz CT molecular complexity index is 496. The molecule has 1 saturated carbocycles. The van der Waals surface area contributed by atoms with Crippen LogP contribution in [0, 0.1) is 5.92 Å². The van der Waals surface area contributed by atoms with Crippen LogP contribution in [0.3, 0.4) is 0 Å². The van der Waals surface area contributed by atoms with Crippen LogP contribution in [0.1, 0.15) is 33.6 Å². The highest BCUT2D eigenvalue weighted by Gasteiger charge is 2.34. The van der Waals surface area contributed by atoms with Crippen molar-refractivity contribution in [1.29, 1.82) is 0 Å². The highest BCUT2D eigenvalue weighted by Crippen LogP contribution is 2.37. The van der Waals surface area contributed by atoms with Gasteiger partial charge in [0.15, 0.2) is 0 Å². The topological polar surface area (TPSA) is 29.5 Å². The van der Waals surface area contributed by atoms with Gasteiger partial charge in [-0.15, -0.1) is 0 Å². The minimum absolute atomic E-state index is 0.0644. The molecule has 1 aromatic rings. The van der Waals surface area contributed by atoms with Gasteiger partial charge >= 0.3 is 0 Å². The van der Waals surface area contributed by atoms with Crippen molar-refractivity contribution in [3.05, 3.63) is 35.9 Å². The van der Waals surface area contributed by atoms with Gasteiger partial charge in [-0.05, 0) is 63.8 Å². The molecule has 0 saturated heterocycles. The van der Waals surface area contributed by atoms with Crippen molar-refractivity contribution in [1.82, 2.24) is 0 Å². The van der Waals surface area contributed by atoms with Crippen LogP contribution in [0.15, 0.2) is 35.9 Å². The van der Waals surface area contributed by atoms with Crippen LogP contribution in [0.5, 0.6) is 5.75 Å². The van der Waals surface area contributed by atoms with E-state index in [0.29, 0.717) is 5.92 Å². The molecule has 2 rings (SSSR count). The van der Waals surface area contributed by atoms with E-state index in [9.17, 15) is 4.79 Å². The summed E-state index contributed by atoms with van der Waals surface area (Å²) in [6.07, 6.45) is 4.15. The number of amides is 1. The molecule has 1 fully saturated rings. The van der Waals surface area contributed by atoms with Crippen LogP contribution in [-0.2, 0) is 4.79 Å². The molecule has 1 aliphatic carbocycles. The lowest BCUT2D eigenvalue weighted by atomic mass is 10.1. The van der Waals surface area contributed by atoms with Crippen LogP contribution in [-0.4, -0.2) is 19.1 Å². The number of carbonyl (C=O) groups excluding carboxylic acids is 1. The van der Waals surface area contributed by atoms with Gasteiger partial charge in [0.2, 0.25) is 0 Å². The molecular formula is C17H23NO2. The molecule has 0 aliphatic heterocycles. The largest absolute Gasteiger partial charge is 0.497 e. The number of allylic oxidation sites excluding steroid dienone is 1. The molecule has 0 radical (unpaired) electrons. The van der Waals surface area contributed by atoms with Crippen molar-refractivity contribution in [2.45, 2.75) is 39.7 Å². The van der Waals surface area contributed by atoms with E-state index >= 15 is 0 Å². The first-order valence-corrected chi connectivity index (χ1v) is 7.15. The van der Waals surface area contributed by atoms with Crippen molar-refractivity contribution < 1.29 is 9.53 Å². The number of rotatable bonds is 5. The Labute approximate surface area is 121 Å². The molecule has 3 heteroatoms. The molecule has 1 amide bonds. The van der Waals surface area contributed by atoms with Gasteiger partial charge in [-0.2, -0.15) is 0 Å². The maximum Gasteiger partial charge on any atom is 0.251 e. The number of hydrogen-bond acceptors (Lipinski definition) is 2. The van der Waals surface area contributed by atoms with E-state index in [-0.39, 0.29) is 11.9 Å². The minimum Gasteiger partial charge on any atom is -0.497 e. The Hall–Kier alpha value is -1.77. The summed E-state index contributed by atoms with van der Waals surface area (Å²) >= 11 is 0. The highest BCUT2D eigenvalue weighted by molar-refractivity contribution is 6.02. The summed E-state index contributed by atoms with van der Waals surface area (Å²) in [5.74, 6) is 1.50. The molecule has 20 heavy (non-hydrogen) atoms. The summed E-state index contributed by atoms with van der Waals surface area (Å²) < 4.78 is 5.18. The number of hydrogen-bond donors (Lipinski definition) is 0. The SMILES string of the molecule is COc1ccc(N(C(=O)C=C(C)C)C(C)C2CC2)cc1. The van der Waals surface area contributed by atoms with Gasteiger partial charge in [-0.3, -0.25) is 4.79 Å². The van der Waals surface area contributed by atoms with Gasteiger partial charge < -0.3 is 9.64 Å². The van der Waals surface area contributed by atoms with E-state index in [1.807, 2.05) is 43.0 Å². The van der Waals surface area contributed by atoms with Gasteiger partial charge in [0.05, 0.1) is 7.11 Å². The van der Waals surface area contributed by atoms with Crippen molar-refractivity contribution >= 4 is 11.6 Å². The summed E-state index contributed by atoms with van der Waals surface area (Å²) in [6.45, 7) is 6.04. The lowest BCUT2D eigenvalue weighted by molar-refractivity contribution is -0.114. The van der Waals surface area contributed by atoms with Crippen LogP contribution < -0.4 is 9.64 Å². The number of ether oxygens (including phenoxy) is 1. The number of nitrogens with zero attached hydrogens (tertiary/aromatic N) is 1. The normalized spacial score (nSPS) is 15.4. The molecule has 108 valence electrons. The second-order valence-corrected chi connectivity index (χ2v) is 5.71. The average Bonchev–Trinajstić information content (AvgIpc) is 3.23. The van der Waals surface area contributed by atoms with Crippen molar-refractivity contribution in [2.24, 2.45) is 5.92 Å². The quantitative estimate of drug-likeness (QED) is 0.764. The van der Waals surface area contributed by atoms with E-state index in [2.05, 4.69) is 6.92 Å². The molecule has 1 aromatic carbocycles. The third-order valence-corrected chi connectivity index (χ3v) is 3.71. The standard InChI is InChI=1S/C17H23NO2/c1-12(2)11-17(19)18(13(3)14-5-6-14)15-7-9-16(20-4)10-8-15/h7-11,13-14H,5-6H2,1-4H3. The number of methoxy groups -OCH3 is 1. The molecule has 3 nitrogen and oxygen atoms in total. The molecule has 1 unspecified atom stereocenters. The third kappa shape index (κ3) is 3.41. The van der Waals surface area contributed by atoms with Gasteiger partial charge in [0, 0.05) is 17.8 Å². The average molecular weight is 273 g/mol. The first kappa shape index (κ1) is 14.6. The zero-order valence-corrected chi connectivity index (χ0v) is 12.7. The highest BCUT2D eigenvalue weighted by atomic mass is 16.5. The molecule has 1 aliphatic rings. The summed E-state index contributed by atoms with van der Waals surface area (Å²) in [5, 5.41) is 0. The molecule has 0 aromatic heterocycles. The summed E-state index contributed by atoms with van der Waals surface area (Å²) in [4.78, 5) is 14.4. The van der Waals surface area contributed by atoms with E-state index in [1.165, 1.54) is 12.8 Å².